The molecule has 0 N–H and O–H groups in total. The molecule has 9 heavy (non-hydrogen) atoms. The summed E-state index contributed by atoms with van der Waals surface area (Å²) in [6.45, 7) is 0. The van der Waals surface area contributed by atoms with E-state index in [0.717, 1.165) is 11.0 Å². The van der Waals surface area contributed by atoms with E-state index >= 15 is 0 Å². The smallest absolute Gasteiger partial charge is 0.139 e. The largest absolute Gasteiger partial charge is 0.760 e. The van der Waals surface area contributed by atoms with Crippen molar-refractivity contribution < 1.29 is 0 Å². The second kappa shape index (κ2) is 4.33. The zero-order valence-electron chi connectivity index (χ0n) is 3.75. The van der Waals surface area contributed by atoms with Crippen LogP contribution in [0.3, 0.4) is 0 Å². The molecule has 0 saturated carbocycles. The lowest BCUT2D eigenvalue weighted by molar-refractivity contribution is 5.05. The normalized spacial score (nSPS) is 13.8. The highest BCUT2D eigenvalue weighted by molar-refractivity contribution is 9.34. The van der Waals surface area contributed by atoms with Gasteiger partial charge in [-0.3, -0.25) is 0 Å². The molecule has 0 radical (unpaired) electrons. The Labute approximate surface area is 89.8 Å². The minimum atomic E-state index is -2.13. The minimum absolute atomic E-state index is 1.12. The molecule has 0 unspecified atom stereocenters. The van der Waals surface area contributed by atoms with Crippen molar-refractivity contribution in [1.82, 2.24) is 0 Å². The summed E-state index contributed by atoms with van der Waals surface area (Å²) in [6, 6.07) is 0. The Morgan fingerprint density at radius 1 is 0.889 bits per heavy atom. The van der Waals surface area contributed by atoms with E-state index in [9.17, 15) is 0 Å². The highest BCUT2D eigenvalue weighted by Gasteiger charge is 1.80. The van der Waals surface area contributed by atoms with Crippen molar-refractivity contribution in [2.75, 3.05) is 0 Å². The van der Waals surface area contributed by atoms with Crippen LogP contribution in [0.25, 0.3) is 0 Å². The molecule has 9 heteroatoms. The lowest BCUT2D eigenvalue weighted by Crippen LogP contribution is -1.59. The maximum absolute atomic E-state index is 4.76. The molecule has 0 aromatic heterocycles. The first kappa shape index (κ1) is 12.0. The van der Waals surface area contributed by atoms with Gasteiger partial charge in [-0.15, -0.1) is 23.6 Å². The monoisotopic (exact) mass is 286 g/mol. The van der Waals surface area contributed by atoms with Gasteiger partial charge in [-0.25, -0.2) is 7.29 Å². The van der Waals surface area contributed by atoms with E-state index in [1.54, 1.807) is 0 Å². The Kier molecular flexibility index (Phi) is 5.80. The first-order valence-corrected chi connectivity index (χ1v) is 13.1. The molecule has 0 aliphatic heterocycles. The van der Waals surface area contributed by atoms with E-state index < -0.39 is 7.29 Å². The molecule has 0 rings (SSSR count). The Morgan fingerprint density at radius 2 is 1.11 bits per heavy atom. The van der Waals surface area contributed by atoms with Gasteiger partial charge in [0.1, 0.15) is 0 Å². The van der Waals surface area contributed by atoms with E-state index in [1.807, 2.05) is 0 Å². The zero-order chi connectivity index (χ0) is 7.71. The molecular formula is P2S7-4. The SMILES string of the molecule is S=P([S-])([S-])SP(=S)([S-])[S-]. The molecule has 56 valence electrons. The predicted molar refractivity (Wildman–Crippen MR) is 65.6 cm³/mol. The highest BCUT2D eigenvalue weighted by atomic mass is 33.7. The molecule has 0 aromatic rings. The predicted octanol–water partition coefficient (Wildman–Crippen LogP) is 2.36. The molecule has 0 aliphatic carbocycles. The Balaban J connectivity index is 4.07. The number of hydrogen-bond donors (Lipinski definition) is 0. The van der Waals surface area contributed by atoms with E-state index in [1.165, 1.54) is 0 Å². The molecule has 0 bridgehead atoms. The third-order valence-electron chi connectivity index (χ3n) is 0.200. The average Bonchev–Trinajstić information content (AvgIpc) is 1.14. The zero-order valence-corrected chi connectivity index (χ0v) is 11.3. The third kappa shape index (κ3) is 11.0. The van der Waals surface area contributed by atoms with Gasteiger partial charge in [0.05, 0.1) is 0 Å². The van der Waals surface area contributed by atoms with Gasteiger partial charge >= 0.3 is 0 Å². The van der Waals surface area contributed by atoms with Crippen molar-refractivity contribution in [3.05, 3.63) is 0 Å². The van der Waals surface area contributed by atoms with Gasteiger partial charge in [0.2, 0.25) is 0 Å². The van der Waals surface area contributed by atoms with Crippen LogP contribution < -0.4 is 0 Å². The molecule has 0 aromatic carbocycles. The van der Waals surface area contributed by atoms with Crippen molar-refractivity contribution >= 4 is 90.9 Å². The topological polar surface area (TPSA) is 0 Å². The summed E-state index contributed by atoms with van der Waals surface area (Å²) in [5.41, 5.74) is 0. The minimum Gasteiger partial charge on any atom is -0.760 e. The lowest BCUT2D eigenvalue weighted by Gasteiger charge is -2.49. The summed E-state index contributed by atoms with van der Waals surface area (Å²) >= 11 is 29.7. The Morgan fingerprint density at radius 3 is 1.11 bits per heavy atom. The summed E-state index contributed by atoms with van der Waals surface area (Å²) < 4.78 is -4.27. The van der Waals surface area contributed by atoms with E-state index in [4.69, 9.17) is 72.6 Å². The van der Waals surface area contributed by atoms with Crippen molar-refractivity contribution in [3.8, 4) is 0 Å². The molecule has 0 fully saturated rings. The van der Waals surface area contributed by atoms with E-state index in [0.29, 0.717) is 0 Å². The summed E-state index contributed by atoms with van der Waals surface area (Å²) in [4.78, 5) is 0. The Hall–Kier alpha value is 3.05. The van der Waals surface area contributed by atoms with Crippen molar-refractivity contribution in [1.29, 1.82) is 0 Å². The molecule has 0 spiro atoms. The van der Waals surface area contributed by atoms with Gasteiger partial charge in [-0.05, 0) is 0 Å². The van der Waals surface area contributed by atoms with E-state index in [-0.39, 0.29) is 0 Å². The molecule has 0 amide bonds. The van der Waals surface area contributed by atoms with Crippen LogP contribution in [-0.4, -0.2) is 0 Å². The third-order valence-corrected chi connectivity index (χ3v) is 16.2. The van der Waals surface area contributed by atoms with Crippen molar-refractivity contribution in [2.45, 2.75) is 0 Å². The molecular weight excluding hydrogens is 286 g/mol. The van der Waals surface area contributed by atoms with Crippen LogP contribution in [0.2, 0.25) is 0 Å². The van der Waals surface area contributed by atoms with Crippen molar-refractivity contribution in [3.63, 3.8) is 0 Å². The van der Waals surface area contributed by atoms with Gasteiger partial charge in [0.15, 0.2) is 0 Å². The van der Waals surface area contributed by atoms with Crippen molar-refractivity contribution in [2.24, 2.45) is 0 Å². The van der Waals surface area contributed by atoms with Gasteiger partial charge in [-0.1, -0.05) is 0 Å². The number of rotatable bonds is 2. The summed E-state index contributed by atoms with van der Waals surface area (Å²) in [5, 5.41) is 0. The van der Waals surface area contributed by atoms with Crippen LogP contribution in [0.1, 0.15) is 0 Å². The second-order valence-electron chi connectivity index (χ2n) is 0.976. The number of hydrogen-bond acceptors (Lipinski definition) is 7. The molecule has 0 saturated heterocycles. The van der Waals surface area contributed by atoms with Crippen LogP contribution >= 0.6 is 18.3 Å². The highest BCUT2D eigenvalue weighted by Crippen LogP contribution is 2.74. The first-order chi connectivity index (χ1) is 3.71. The van der Waals surface area contributed by atoms with Crippen LogP contribution in [0, 0.1) is 0 Å². The Bertz CT molecular complexity index is 147. The first-order valence-electron chi connectivity index (χ1n) is 1.46. The average molecular weight is 286 g/mol. The lowest BCUT2D eigenvalue weighted by atomic mass is 29.3. The second-order valence-corrected chi connectivity index (χ2v) is 26.4. The fourth-order valence-electron chi connectivity index (χ4n) is 0.122. The molecule has 0 nitrogen and oxygen atoms in total. The van der Waals surface area contributed by atoms with Crippen LogP contribution in [0.5, 0.6) is 0 Å². The molecule has 0 atom stereocenters. The maximum atomic E-state index is 4.76. The van der Waals surface area contributed by atoms with Gasteiger partial charge in [0.25, 0.3) is 0 Å². The summed E-state index contributed by atoms with van der Waals surface area (Å²) in [6.07, 6.45) is 0. The molecule has 0 aliphatic rings. The fourth-order valence-corrected chi connectivity index (χ4v) is 29.8. The van der Waals surface area contributed by atoms with Crippen LogP contribution in [-0.2, 0) is 72.6 Å². The summed E-state index contributed by atoms with van der Waals surface area (Å²) in [7, 11) is 0. The maximum Gasteiger partial charge on any atom is -0.139 e. The van der Waals surface area contributed by atoms with Gasteiger partial charge in [0, 0.05) is 0 Å². The van der Waals surface area contributed by atoms with Gasteiger partial charge < -0.3 is 49.0 Å². The fraction of sp³-hybridized carbons (Fsp3) is 0. The van der Waals surface area contributed by atoms with Crippen LogP contribution in [0.15, 0.2) is 0 Å². The van der Waals surface area contributed by atoms with Crippen LogP contribution in [0.4, 0.5) is 0 Å². The summed E-state index contributed by atoms with van der Waals surface area (Å²) in [5.74, 6) is 0. The van der Waals surface area contributed by atoms with E-state index in [2.05, 4.69) is 0 Å². The van der Waals surface area contributed by atoms with Gasteiger partial charge in [-0.2, -0.15) is 11.0 Å². The quantitative estimate of drug-likeness (QED) is 0.557. The standard InChI is InChI=1S/H4P2S7/c3-1(4,5)9-2(6,7)8/h(H2,3,4,5)(H2,6,7,8)/p-4. The molecule has 0 heterocycles.